The van der Waals surface area contributed by atoms with Gasteiger partial charge in [0.15, 0.2) is 0 Å². The number of rotatable bonds is 14. The molecule has 4 atom stereocenters. The fraction of sp³-hybridized carbons (Fsp3) is 0.786. The van der Waals surface area contributed by atoms with Crippen LogP contribution in [-0.4, -0.2) is 29.6 Å². The minimum absolute atomic E-state index is 0.286. The summed E-state index contributed by atoms with van der Waals surface area (Å²) in [6.45, 7) is 8.29. The van der Waals surface area contributed by atoms with Crippen LogP contribution in [0.25, 0.3) is 0 Å². The van der Waals surface area contributed by atoms with Crippen LogP contribution in [0.4, 0.5) is 0 Å². The quantitative estimate of drug-likeness (QED) is 0.287. The molecular weight excluding hydrogens is 366 g/mol. The molecule has 0 N–H and O–H groups in total. The highest BCUT2D eigenvalue weighted by Gasteiger charge is 2.41. The third kappa shape index (κ3) is 7.38. The van der Waals surface area contributed by atoms with Crippen LogP contribution in [0.2, 0.25) is 0 Å². The van der Waals surface area contributed by atoms with Crippen LogP contribution < -0.4 is 0 Å². The summed E-state index contributed by atoms with van der Waals surface area (Å²) in [5.74, 6) is 0.808. The molecule has 2 aliphatic rings. The molecule has 0 aromatic heterocycles. The first kappa shape index (κ1) is 23.8. The van der Waals surface area contributed by atoms with Crippen LogP contribution in [0.1, 0.15) is 116 Å². The van der Waals surface area contributed by atoms with Crippen molar-refractivity contribution in [3.63, 3.8) is 0 Å². The van der Waals surface area contributed by atoms with Crippen molar-refractivity contribution in [1.82, 2.24) is 4.90 Å². The molecule has 170 valence electrons. The third-order valence-corrected chi connectivity index (χ3v) is 7.40. The van der Waals surface area contributed by atoms with Gasteiger partial charge in [0.25, 0.3) is 0 Å². The van der Waals surface area contributed by atoms with E-state index in [9.17, 15) is 0 Å². The lowest BCUT2D eigenvalue weighted by Gasteiger charge is -2.40. The number of nitrogens with zero attached hydrogens (tertiary/aromatic N) is 1. The second-order valence-corrected chi connectivity index (χ2v) is 10.3. The zero-order valence-electron chi connectivity index (χ0n) is 20.0. The maximum Gasteiger partial charge on any atom is 0.0828 e. The number of fused-ring (bicyclic) bond motifs is 2. The molecule has 2 nitrogen and oxygen atoms in total. The summed E-state index contributed by atoms with van der Waals surface area (Å²) in [4.78, 5) is 2.83. The number of ether oxygens (including phenoxy) is 1. The van der Waals surface area contributed by atoms with Crippen molar-refractivity contribution in [2.24, 2.45) is 5.92 Å². The molecule has 2 saturated heterocycles. The lowest BCUT2D eigenvalue weighted by molar-refractivity contribution is -0.0664. The molecule has 0 amide bonds. The van der Waals surface area contributed by atoms with Crippen molar-refractivity contribution in [2.45, 2.75) is 129 Å². The fourth-order valence-electron chi connectivity index (χ4n) is 5.61. The predicted molar refractivity (Wildman–Crippen MR) is 129 cm³/mol. The van der Waals surface area contributed by atoms with Gasteiger partial charge in [0, 0.05) is 12.1 Å². The van der Waals surface area contributed by atoms with Crippen LogP contribution >= 0.6 is 0 Å². The van der Waals surface area contributed by atoms with E-state index >= 15 is 0 Å². The van der Waals surface area contributed by atoms with Crippen LogP contribution in [0, 0.1) is 5.92 Å². The third-order valence-electron chi connectivity index (χ3n) is 7.40. The van der Waals surface area contributed by atoms with Gasteiger partial charge in [0.2, 0.25) is 0 Å². The van der Waals surface area contributed by atoms with E-state index in [1.807, 2.05) is 0 Å². The average Bonchev–Trinajstić information content (AvgIpc) is 2.99. The zero-order valence-corrected chi connectivity index (χ0v) is 20.0. The Hall–Kier alpha value is -0.860. The van der Waals surface area contributed by atoms with E-state index in [2.05, 4.69) is 56.0 Å². The van der Waals surface area contributed by atoms with E-state index in [-0.39, 0.29) is 6.10 Å². The smallest absolute Gasteiger partial charge is 0.0828 e. The highest BCUT2D eigenvalue weighted by atomic mass is 16.5. The molecule has 2 heterocycles. The summed E-state index contributed by atoms with van der Waals surface area (Å²) in [5.41, 5.74) is 1.39. The Labute approximate surface area is 186 Å². The molecule has 2 fully saturated rings. The summed E-state index contributed by atoms with van der Waals surface area (Å²) < 4.78 is 6.85. The SMILES string of the molecule is CCCCCCCCCC(OC1C[C@H]2CC[C@@H](C1)N2CCC(C)C)c1ccccc1. The molecule has 1 aromatic carbocycles. The molecule has 0 radical (unpaired) electrons. The summed E-state index contributed by atoms with van der Waals surface area (Å²) >= 11 is 0. The van der Waals surface area contributed by atoms with Crippen molar-refractivity contribution in [2.75, 3.05) is 6.54 Å². The molecule has 0 saturated carbocycles. The van der Waals surface area contributed by atoms with Crippen LogP contribution in [0.3, 0.4) is 0 Å². The Morgan fingerprint density at radius 2 is 1.50 bits per heavy atom. The van der Waals surface area contributed by atoms with Crippen LogP contribution in [0.5, 0.6) is 0 Å². The van der Waals surface area contributed by atoms with Gasteiger partial charge in [-0.05, 0) is 56.6 Å². The Morgan fingerprint density at radius 3 is 2.13 bits per heavy atom. The van der Waals surface area contributed by atoms with Gasteiger partial charge in [-0.15, -0.1) is 0 Å². The van der Waals surface area contributed by atoms with Gasteiger partial charge in [-0.2, -0.15) is 0 Å². The molecular formula is C28H47NO. The van der Waals surface area contributed by atoms with Crippen molar-refractivity contribution < 1.29 is 4.74 Å². The largest absolute Gasteiger partial charge is 0.370 e. The highest BCUT2D eigenvalue weighted by molar-refractivity contribution is 5.17. The number of hydrogen-bond acceptors (Lipinski definition) is 2. The minimum Gasteiger partial charge on any atom is -0.370 e. The Bertz CT molecular complexity index is 557. The van der Waals surface area contributed by atoms with E-state index in [4.69, 9.17) is 4.74 Å². The van der Waals surface area contributed by atoms with E-state index in [0.29, 0.717) is 6.10 Å². The van der Waals surface area contributed by atoms with Gasteiger partial charge in [-0.25, -0.2) is 0 Å². The number of benzene rings is 1. The topological polar surface area (TPSA) is 12.5 Å². The first-order valence-electron chi connectivity index (χ1n) is 13.1. The normalized spacial score (nSPS) is 25.1. The lowest BCUT2D eigenvalue weighted by Crippen LogP contribution is -2.46. The van der Waals surface area contributed by atoms with E-state index in [1.165, 1.54) is 95.6 Å². The monoisotopic (exact) mass is 413 g/mol. The maximum atomic E-state index is 6.85. The standard InChI is InChI=1S/C28H47NO/c1-4-5-6-7-8-9-13-16-28(24-14-11-10-12-15-24)30-27-21-25-17-18-26(22-27)29(25)20-19-23(2)3/h10-12,14-15,23,25-28H,4-9,13,16-22H2,1-3H3/t25-,26+,27?,28?. The Morgan fingerprint density at radius 1 is 0.867 bits per heavy atom. The lowest BCUT2D eigenvalue weighted by atomic mass is 9.96. The van der Waals surface area contributed by atoms with Crippen molar-refractivity contribution in [3.8, 4) is 0 Å². The van der Waals surface area contributed by atoms with E-state index < -0.39 is 0 Å². The number of hydrogen-bond donors (Lipinski definition) is 0. The minimum atomic E-state index is 0.286. The van der Waals surface area contributed by atoms with Gasteiger partial charge < -0.3 is 4.74 Å². The first-order valence-corrected chi connectivity index (χ1v) is 13.1. The van der Waals surface area contributed by atoms with Crippen molar-refractivity contribution in [3.05, 3.63) is 35.9 Å². The molecule has 30 heavy (non-hydrogen) atoms. The summed E-state index contributed by atoms with van der Waals surface area (Å²) in [5, 5.41) is 0. The Balaban J connectivity index is 1.49. The molecule has 0 aliphatic carbocycles. The molecule has 2 unspecified atom stereocenters. The van der Waals surface area contributed by atoms with E-state index in [0.717, 1.165) is 18.0 Å². The molecule has 2 aliphatic heterocycles. The van der Waals surface area contributed by atoms with Crippen LogP contribution in [0.15, 0.2) is 30.3 Å². The number of unbranched alkanes of at least 4 members (excludes halogenated alkanes) is 6. The zero-order chi connectivity index (χ0) is 21.2. The van der Waals surface area contributed by atoms with Gasteiger partial charge in [-0.3, -0.25) is 4.90 Å². The number of piperidine rings is 1. The van der Waals surface area contributed by atoms with Crippen molar-refractivity contribution in [1.29, 1.82) is 0 Å². The second kappa shape index (κ2) is 12.9. The second-order valence-electron chi connectivity index (χ2n) is 10.3. The average molecular weight is 414 g/mol. The molecule has 0 spiro atoms. The molecule has 1 aromatic rings. The van der Waals surface area contributed by atoms with Crippen molar-refractivity contribution >= 4 is 0 Å². The predicted octanol–water partition coefficient (Wildman–Crippen LogP) is 7.93. The van der Waals surface area contributed by atoms with Gasteiger partial charge in [0.1, 0.15) is 0 Å². The Kier molecular flexibility index (Phi) is 10.2. The highest BCUT2D eigenvalue weighted by Crippen LogP contribution is 2.39. The summed E-state index contributed by atoms with van der Waals surface area (Å²) in [7, 11) is 0. The first-order chi connectivity index (χ1) is 14.7. The molecule has 2 heteroatoms. The van der Waals surface area contributed by atoms with Gasteiger partial charge >= 0.3 is 0 Å². The van der Waals surface area contributed by atoms with Crippen LogP contribution in [-0.2, 0) is 4.74 Å². The summed E-state index contributed by atoms with van der Waals surface area (Å²) in [6, 6.07) is 12.6. The van der Waals surface area contributed by atoms with Gasteiger partial charge in [0.05, 0.1) is 12.2 Å². The van der Waals surface area contributed by atoms with Gasteiger partial charge in [-0.1, -0.05) is 96.0 Å². The summed E-state index contributed by atoms with van der Waals surface area (Å²) in [6.07, 6.45) is 18.1. The molecule has 2 bridgehead atoms. The van der Waals surface area contributed by atoms with E-state index in [1.54, 1.807) is 0 Å². The molecule has 3 rings (SSSR count). The fourth-order valence-corrected chi connectivity index (χ4v) is 5.61. The maximum absolute atomic E-state index is 6.85.